The summed E-state index contributed by atoms with van der Waals surface area (Å²) in [5, 5.41) is 0.498. The van der Waals surface area contributed by atoms with Crippen LogP contribution in [-0.2, 0) is 38.1 Å². The summed E-state index contributed by atoms with van der Waals surface area (Å²) in [6.45, 7) is -0.128. The number of H-pyrrole nitrogens is 1. The number of benzene rings is 2. The standard InChI is InChI=1S/C25H23ClN5O8P/c26-18-8-6-17(7-9-18)21-19(38-25(33)39-21)13-37-40(34,36-12-16-4-2-1-3-5-16)15-35-11-10-31-14-28-20-22(31)29-24(27)30-23(20)32/h1-9,14H,10-13,15H2,(H3,27,29,30,32). The van der Waals surface area contributed by atoms with E-state index in [0.717, 1.165) is 5.56 Å². The van der Waals surface area contributed by atoms with Gasteiger partial charge in [-0.3, -0.25) is 18.9 Å². The number of ether oxygens (including phenoxy) is 1. The summed E-state index contributed by atoms with van der Waals surface area (Å²) in [4.78, 5) is 34.4. The van der Waals surface area contributed by atoms with Gasteiger partial charge in [0.05, 0.1) is 19.5 Å². The molecule has 0 saturated carbocycles. The Morgan fingerprint density at radius 1 is 1.02 bits per heavy atom. The average molecular weight is 588 g/mol. The molecule has 0 fully saturated rings. The normalized spacial score (nSPS) is 13.0. The minimum Gasteiger partial charge on any atom is -0.393 e. The van der Waals surface area contributed by atoms with Crippen LogP contribution in [0.3, 0.4) is 0 Å². The largest absolute Gasteiger partial charge is 0.519 e. The SMILES string of the molecule is Nc1nc2c(ncn2CCOCP(=O)(OCc2ccccc2)OCc2oc(=O)oc2-c2ccc(Cl)cc2)c(=O)[nH]1. The average Bonchev–Trinajstić information content (AvgIpc) is 3.53. The molecule has 2 aromatic carbocycles. The van der Waals surface area contributed by atoms with Gasteiger partial charge in [-0.15, -0.1) is 0 Å². The van der Waals surface area contributed by atoms with Crippen LogP contribution in [0.1, 0.15) is 11.3 Å². The van der Waals surface area contributed by atoms with E-state index < -0.39 is 31.9 Å². The van der Waals surface area contributed by atoms with E-state index in [9.17, 15) is 14.2 Å². The van der Waals surface area contributed by atoms with E-state index in [0.29, 0.717) is 10.6 Å². The lowest BCUT2D eigenvalue weighted by Crippen LogP contribution is -2.13. The lowest BCUT2D eigenvalue weighted by Gasteiger charge is -2.18. The number of nitrogen functional groups attached to an aromatic ring is 1. The first kappa shape index (κ1) is 27.6. The van der Waals surface area contributed by atoms with E-state index in [1.165, 1.54) is 6.33 Å². The maximum absolute atomic E-state index is 13.7. The molecule has 13 nitrogen and oxygen atoms in total. The summed E-state index contributed by atoms with van der Waals surface area (Å²) in [6.07, 6.45) is 1.01. The smallest absolute Gasteiger partial charge is 0.393 e. The molecule has 1 unspecified atom stereocenters. The van der Waals surface area contributed by atoms with E-state index in [4.69, 9.17) is 40.0 Å². The van der Waals surface area contributed by atoms with Crippen LogP contribution < -0.4 is 17.1 Å². The molecule has 0 aliphatic rings. The minimum absolute atomic E-state index is 0.0149. The van der Waals surface area contributed by atoms with Gasteiger partial charge in [0, 0.05) is 17.1 Å². The third kappa shape index (κ3) is 6.58. The Kier molecular flexibility index (Phi) is 8.29. The van der Waals surface area contributed by atoms with Crippen LogP contribution in [0.15, 0.2) is 79.3 Å². The lowest BCUT2D eigenvalue weighted by atomic mass is 10.1. The molecule has 5 aromatic rings. The second kappa shape index (κ2) is 12.0. The monoisotopic (exact) mass is 587 g/mol. The van der Waals surface area contributed by atoms with Crippen LogP contribution in [0.4, 0.5) is 5.95 Å². The molecule has 0 bridgehead atoms. The highest BCUT2D eigenvalue weighted by Gasteiger charge is 2.28. The number of nitrogens with one attached hydrogen (secondary N) is 1. The summed E-state index contributed by atoms with van der Waals surface area (Å²) in [7, 11) is -3.89. The molecule has 208 valence electrons. The van der Waals surface area contributed by atoms with Gasteiger partial charge in [-0.2, -0.15) is 4.98 Å². The molecule has 3 heterocycles. The molecule has 0 radical (unpaired) electrons. The van der Waals surface area contributed by atoms with Crippen LogP contribution in [0.5, 0.6) is 0 Å². The fourth-order valence-electron chi connectivity index (χ4n) is 3.71. The summed E-state index contributed by atoms with van der Waals surface area (Å²) < 4.78 is 42.6. The zero-order chi connectivity index (χ0) is 28.1. The molecule has 0 amide bonds. The number of anilines is 1. The second-order valence-corrected chi connectivity index (χ2v) is 10.9. The molecule has 15 heteroatoms. The van der Waals surface area contributed by atoms with E-state index in [-0.39, 0.29) is 48.4 Å². The van der Waals surface area contributed by atoms with Crippen molar-refractivity contribution in [1.29, 1.82) is 0 Å². The van der Waals surface area contributed by atoms with Gasteiger partial charge in [0.2, 0.25) is 5.95 Å². The lowest BCUT2D eigenvalue weighted by molar-refractivity contribution is 0.114. The van der Waals surface area contributed by atoms with Gasteiger partial charge >= 0.3 is 13.4 Å². The highest BCUT2D eigenvalue weighted by molar-refractivity contribution is 7.53. The van der Waals surface area contributed by atoms with Crippen LogP contribution in [0.25, 0.3) is 22.5 Å². The van der Waals surface area contributed by atoms with Gasteiger partial charge in [0.15, 0.2) is 22.7 Å². The van der Waals surface area contributed by atoms with Crippen LogP contribution >= 0.6 is 19.2 Å². The van der Waals surface area contributed by atoms with E-state index in [1.54, 1.807) is 28.8 Å². The summed E-state index contributed by atoms with van der Waals surface area (Å²) in [5.74, 6) is -0.850. The topological polar surface area (TPSA) is 178 Å². The first-order chi connectivity index (χ1) is 19.3. The first-order valence-corrected chi connectivity index (χ1v) is 14.0. The van der Waals surface area contributed by atoms with E-state index >= 15 is 0 Å². The predicted molar refractivity (Wildman–Crippen MR) is 145 cm³/mol. The van der Waals surface area contributed by atoms with Crippen molar-refractivity contribution in [3.63, 3.8) is 0 Å². The Hall–Kier alpha value is -4.00. The number of nitrogens with two attached hydrogens (primary N) is 1. The Bertz CT molecular complexity index is 1760. The maximum atomic E-state index is 13.7. The molecule has 5 rings (SSSR count). The molecular formula is C25H23ClN5O8P. The van der Waals surface area contributed by atoms with E-state index in [2.05, 4.69) is 15.0 Å². The summed E-state index contributed by atoms with van der Waals surface area (Å²) in [6, 6.07) is 15.6. The number of hydrogen-bond acceptors (Lipinski definition) is 11. The Balaban J connectivity index is 1.28. The highest BCUT2D eigenvalue weighted by atomic mass is 35.5. The predicted octanol–water partition coefficient (Wildman–Crippen LogP) is 4.17. The number of hydrogen-bond donors (Lipinski definition) is 2. The fourth-order valence-corrected chi connectivity index (χ4v) is 5.08. The van der Waals surface area contributed by atoms with Crippen molar-refractivity contribution in [2.24, 2.45) is 0 Å². The Morgan fingerprint density at radius 2 is 1.77 bits per heavy atom. The molecule has 3 aromatic heterocycles. The number of imidazole rings is 1. The molecule has 0 aliphatic heterocycles. The highest BCUT2D eigenvalue weighted by Crippen LogP contribution is 2.50. The van der Waals surface area contributed by atoms with Crippen LogP contribution in [-0.4, -0.2) is 32.5 Å². The number of fused-ring (bicyclic) bond motifs is 1. The van der Waals surface area contributed by atoms with Crippen molar-refractivity contribution in [2.75, 3.05) is 18.7 Å². The number of nitrogens with zero attached hydrogens (tertiary/aromatic N) is 3. The molecule has 0 spiro atoms. The molecule has 0 aliphatic carbocycles. The maximum Gasteiger partial charge on any atom is 0.519 e. The van der Waals surface area contributed by atoms with Gasteiger partial charge < -0.3 is 28.4 Å². The summed E-state index contributed by atoms with van der Waals surface area (Å²) >= 11 is 5.95. The van der Waals surface area contributed by atoms with Crippen molar-refractivity contribution < 1.29 is 27.2 Å². The zero-order valence-corrected chi connectivity index (χ0v) is 22.5. The quantitative estimate of drug-likeness (QED) is 0.158. The molecule has 0 saturated heterocycles. The fraction of sp³-hybridized carbons (Fsp3) is 0.200. The third-order valence-corrected chi connectivity index (χ3v) is 7.43. The number of aromatic amines is 1. The van der Waals surface area contributed by atoms with Gasteiger partial charge in [-0.05, 0) is 29.8 Å². The van der Waals surface area contributed by atoms with Crippen molar-refractivity contribution in [2.45, 2.75) is 19.8 Å². The Morgan fingerprint density at radius 3 is 2.55 bits per heavy atom. The van der Waals surface area contributed by atoms with Gasteiger partial charge in [-0.1, -0.05) is 41.9 Å². The third-order valence-electron chi connectivity index (χ3n) is 5.63. The number of aromatic nitrogens is 4. The second-order valence-electron chi connectivity index (χ2n) is 8.46. The van der Waals surface area contributed by atoms with Crippen LogP contribution in [0, 0.1) is 0 Å². The summed E-state index contributed by atoms with van der Waals surface area (Å²) in [5.41, 5.74) is 6.88. The zero-order valence-electron chi connectivity index (χ0n) is 20.8. The molecular weight excluding hydrogens is 565 g/mol. The minimum atomic E-state index is -3.89. The van der Waals surface area contributed by atoms with Crippen molar-refractivity contribution in [1.82, 2.24) is 19.5 Å². The first-order valence-electron chi connectivity index (χ1n) is 11.9. The van der Waals surface area contributed by atoms with Crippen molar-refractivity contribution in [3.05, 3.63) is 98.2 Å². The molecule has 3 N–H and O–H groups in total. The van der Waals surface area contributed by atoms with Crippen molar-refractivity contribution in [3.8, 4) is 11.3 Å². The van der Waals surface area contributed by atoms with Gasteiger partial charge in [-0.25, -0.2) is 9.78 Å². The van der Waals surface area contributed by atoms with Gasteiger partial charge in [0.1, 0.15) is 13.0 Å². The Labute approximate surface area is 231 Å². The van der Waals surface area contributed by atoms with Gasteiger partial charge in [0.25, 0.3) is 5.56 Å². The molecule has 40 heavy (non-hydrogen) atoms. The molecule has 1 atom stereocenters. The number of halogens is 1. The van der Waals surface area contributed by atoms with Crippen molar-refractivity contribution >= 4 is 36.3 Å². The number of rotatable bonds is 12. The van der Waals surface area contributed by atoms with Crippen LogP contribution in [0.2, 0.25) is 5.02 Å². The van der Waals surface area contributed by atoms with E-state index in [1.807, 2.05) is 30.3 Å².